The van der Waals surface area contributed by atoms with E-state index in [2.05, 4.69) is 16.2 Å². The first-order chi connectivity index (χ1) is 9.24. The van der Waals surface area contributed by atoms with E-state index in [1.807, 2.05) is 12.1 Å². The number of fused-ring (bicyclic) bond motifs is 1. The van der Waals surface area contributed by atoms with Gasteiger partial charge in [0.15, 0.2) is 12.4 Å². The number of hydrogen-bond donors (Lipinski definition) is 1. The molecule has 1 aliphatic rings. The Morgan fingerprint density at radius 2 is 2.37 bits per heavy atom. The SMILES string of the molecule is Cc1noc(COc2cccc3c2CCCC3N)n1. The van der Waals surface area contributed by atoms with Gasteiger partial charge in [-0.15, -0.1) is 0 Å². The highest BCUT2D eigenvalue weighted by molar-refractivity contribution is 5.43. The maximum Gasteiger partial charge on any atom is 0.264 e. The van der Waals surface area contributed by atoms with Crippen molar-refractivity contribution in [2.24, 2.45) is 5.73 Å². The molecule has 5 nitrogen and oxygen atoms in total. The monoisotopic (exact) mass is 259 g/mol. The zero-order valence-corrected chi connectivity index (χ0v) is 10.9. The van der Waals surface area contributed by atoms with Gasteiger partial charge in [0.1, 0.15) is 5.75 Å². The van der Waals surface area contributed by atoms with Gasteiger partial charge >= 0.3 is 0 Å². The summed E-state index contributed by atoms with van der Waals surface area (Å²) >= 11 is 0. The number of nitrogens with zero attached hydrogens (tertiary/aromatic N) is 2. The topological polar surface area (TPSA) is 74.2 Å². The third-order valence-electron chi connectivity index (χ3n) is 3.43. The molecule has 0 amide bonds. The van der Waals surface area contributed by atoms with Crippen molar-refractivity contribution in [3.05, 3.63) is 41.0 Å². The lowest BCUT2D eigenvalue weighted by atomic mass is 9.88. The highest BCUT2D eigenvalue weighted by Gasteiger charge is 2.20. The number of nitrogens with two attached hydrogens (primary N) is 1. The molecule has 0 spiro atoms. The molecule has 1 atom stereocenters. The average molecular weight is 259 g/mol. The summed E-state index contributed by atoms with van der Waals surface area (Å²) in [6.45, 7) is 2.09. The summed E-state index contributed by atoms with van der Waals surface area (Å²) in [4.78, 5) is 4.13. The van der Waals surface area contributed by atoms with Crippen LogP contribution in [0.5, 0.6) is 5.75 Å². The molecule has 0 fully saturated rings. The molecule has 0 aliphatic heterocycles. The molecule has 3 rings (SSSR count). The van der Waals surface area contributed by atoms with Crippen LogP contribution in [0.25, 0.3) is 0 Å². The molecule has 19 heavy (non-hydrogen) atoms. The van der Waals surface area contributed by atoms with Crippen molar-refractivity contribution in [1.82, 2.24) is 10.1 Å². The summed E-state index contributed by atoms with van der Waals surface area (Å²) in [6.07, 6.45) is 3.16. The van der Waals surface area contributed by atoms with Crippen LogP contribution in [-0.4, -0.2) is 10.1 Å². The molecule has 1 heterocycles. The molecule has 100 valence electrons. The lowest BCUT2D eigenvalue weighted by Gasteiger charge is -2.24. The first-order valence-electron chi connectivity index (χ1n) is 6.53. The van der Waals surface area contributed by atoms with Gasteiger partial charge in [-0.05, 0) is 43.4 Å². The van der Waals surface area contributed by atoms with Gasteiger partial charge in [-0.25, -0.2) is 0 Å². The Hall–Kier alpha value is -1.88. The molecule has 0 saturated heterocycles. The molecule has 1 unspecified atom stereocenters. The normalized spacial score (nSPS) is 18.1. The van der Waals surface area contributed by atoms with Crippen LogP contribution in [0.4, 0.5) is 0 Å². The maximum absolute atomic E-state index is 6.13. The second-order valence-electron chi connectivity index (χ2n) is 4.85. The van der Waals surface area contributed by atoms with E-state index in [0.717, 1.165) is 25.0 Å². The number of hydrogen-bond acceptors (Lipinski definition) is 5. The molecule has 1 aliphatic carbocycles. The predicted molar refractivity (Wildman–Crippen MR) is 69.7 cm³/mol. The standard InChI is InChI=1S/C14H17N3O2/c1-9-16-14(19-17-9)8-18-13-7-3-4-10-11(13)5-2-6-12(10)15/h3-4,7,12H,2,5-6,8,15H2,1H3. The van der Waals surface area contributed by atoms with Gasteiger partial charge < -0.3 is 15.0 Å². The summed E-state index contributed by atoms with van der Waals surface area (Å²) in [5.74, 6) is 1.99. The van der Waals surface area contributed by atoms with Crippen LogP contribution in [0.1, 0.15) is 41.7 Å². The van der Waals surface area contributed by atoms with E-state index in [0.29, 0.717) is 18.3 Å². The molecule has 2 aromatic rings. The highest BCUT2D eigenvalue weighted by Crippen LogP contribution is 2.34. The van der Waals surface area contributed by atoms with Gasteiger partial charge in [-0.1, -0.05) is 17.3 Å². The van der Waals surface area contributed by atoms with Gasteiger partial charge in [0.05, 0.1) is 0 Å². The average Bonchev–Trinajstić information content (AvgIpc) is 2.83. The number of benzene rings is 1. The van der Waals surface area contributed by atoms with Gasteiger partial charge in [0.25, 0.3) is 5.89 Å². The molecular formula is C14H17N3O2. The van der Waals surface area contributed by atoms with E-state index in [9.17, 15) is 0 Å². The molecule has 1 aromatic carbocycles. The number of aromatic nitrogens is 2. The van der Waals surface area contributed by atoms with Gasteiger partial charge in [-0.2, -0.15) is 4.98 Å². The first-order valence-corrected chi connectivity index (χ1v) is 6.53. The van der Waals surface area contributed by atoms with E-state index < -0.39 is 0 Å². The second-order valence-corrected chi connectivity index (χ2v) is 4.85. The van der Waals surface area contributed by atoms with Gasteiger partial charge in [0, 0.05) is 6.04 Å². The smallest absolute Gasteiger partial charge is 0.264 e. The Morgan fingerprint density at radius 3 is 3.16 bits per heavy atom. The van der Waals surface area contributed by atoms with Crippen molar-refractivity contribution in [1.29, 1.82) is 0 Å². The van der Waals surface area contributed by atoms with Gasteiger partial charge in [0.2, 0.25) is 0 Å². The zero-order chi connectivity index (χ0) is 13.2. The summed E-state index contributed by atoms with van der Waals surface area (Å²) in [5.41, 5.74) is 8.55. The van der Waals surface area contributed by atoms with Crippen molar-refractivity contribution in [2.75, 3.05) is 0 Å². The second kappa shape index (κ2) is 5.01. The van der Waals surface area contributed by atoms with Crippen LogP contribution >= 0.6 is 0 Å². The Kier molecular flexibility index (Phi) is 3.21. The van der Waals surface area contributed by atoms with E-state index >= 15 is 0 Å². The van der Waals surface area contributed by atoms with Crippen molar-refractivity contribution in [3.63, 3.8) is 0 Å². The van der Waals surface area contributed by atoms with Crippen molar-refractivity contribution < 1.29 is 9.26 Å². The van der Waals surface area contributed by atoms with Crippen LogP contribution in [-0.2, 0) is 13.0 Å². The van der Waals surface area contributed by atoms with Crippen molar-refractivity contribution >= 4 is 0 Å². The predicted octanol–water partition coefficient (Wildman–Crippen LogP) is 2.29. The van der Waals surface area contributed by atoms with Crippen LogP contribution in [0, 0.1) is 6.92 Å². The number of ether oxygens (including phenoxy) is 1. The van der Waals surface area contributed by atoms with Crippen LogP contribution in [0.3, 0.4) is 0 Å². The molecule has 1 aromatic heterocycles. The lowest BCUT2D eigenvalue weighted by Crippen LogP contribution is -2.18. The minimum absolute atomic E-state index is 0.123. The van der Waals surface area contributed by atoms with Crippen molar-refractivity contribution in [2.45, 2.75) is 38.8 Å². The van der Waals surface area contributed by atoms with E-state index in [-0.39, 0.29) is 6.04 Å². The summed E-state index contributed by atoms with van der Waals surface area (Å²) in [7, 11) is 0. The fourth-order valence-electron chi connectivity index (χ4n) is 2.53. The maximum atomic E-state index is 6.13. The molecule has 5 heteroatoms. The van der Waals surface area contributed by atoms with E-state index in [4.69, 9.17) is 15.0 Å². The van der Waals surface area contributed by atoms with Crippen LogP contribution in [0.15, 0.2) is 22.7 Å². The third-order valence-corrected chi connectivity index (χ3v) is 3.43. The highest BCUT2D eigenvalue weighted by atomic mass is 16.5. The minimum atomic E-state index is 0.123. The fourth-order valence-corrected chi connectivity index (χ4v) is 2.53. The third kappa shape index (κ3) is 2.46. The van der Waals surface area contributed by atoms with E-state index in [1.165, 1.54) is 11.1 Å². The van der Waals surface area contributed by atoms with Crippen LogP contribution in [0.2, 0.25) is 0 Å². The fraction of sp³-hybridized carbons (Fsp3) is 0.429. The summed E-state index contributed by atoms with van der Waals surface area (Å²) in [5, 5.41) is 3.74. The quantitative estimate of drug-likeness (QED) is 0.915. The Balaban J connectivity index is 1.79. The molecular weight excluding hydrogens is 242 g/mol. The summed E-state index contributed by atoms with van der Waals surface area (Å²) in [6, 6.07) is 6.17. The Morgan fingerprint density at radius 1 is 1.47 bits per heavy atom. The lowest BCUT2D eigenvalue weighted by molar-refractivity contribution is 0.239. The first kappa shape index (κ1) is 12.2. The number of rotatable bonds is 3. The van der Waals surface area contributed by atoms with E-state index in [1.54, 1.807) is 6.92 Å². The Bertz CT molecular complexity index is 580. The Labute approximate surface area is 111 Å². The largest absolute Gasteiger partial charge is 0.483 e. The van der Waals surface area contributed by atoms with Crippen molar-refractivity contribution in [3.8, 4) is 5.75 Å². The molecule has 2 N–H and O–H groups in total. The summed E-state index contributed by atoms with van der Waals surface area (Å²) < 4.78 is 10.8. The molecule has 0 saturated carbocycles. The molecule has 0 bridgehead atoms. The van der Waals surface area contributed by atoms with Crippen LogP contribution < -0.4 is 10.5 Å². The zero-order valence-electron chi connectivity index (χ0n) is 10.9. The molecule has 0 radical (unpaired) electrons. The number of aryl methyl sites for hydroxylation is 1. The van der Waals surface area contributed by atoms with Gasteiger partial charge in [-0.3, -0.25) is 0 Å². The minimum Gasteiger partial charge on any atom is -0.483 e.